The number of carbonyl (C=O) groups excluding carboxylic acids is 1. The predicted octanol–water partition coefficient (Wildman–Crippen LogP) is 1.03. The van der Waals surface area contributed by atoms with E-state index in [4.69, 9.17) is 5.11 Å². The van der Waals surface area contributed by atoms with Gasteiger partial charge >= 0.3 is 5.97 Å². The zero-order valence-electron chi connectivity index (χ0n) is 9.87. The molecule has 0 heterocycles. The van der Waals surface area contributed by atoms with Crippen molar-refractivity contribution in [2.24, 2.45) is 0 Å². The summed E-state index contributed by atoms with van der Waals surface area (Å²) in [6.45, 7) is 0.0453. The third kappa shape index (κ3) is 5.38. The summed E-state index contributed by atoms with van der Waals surface area (Å²) < 4.78 is 0. The summed E-state index contributed by atoms with van der Waals surface area (Å²) in [6, 6.07) is 6.11. The number of hydrogen-bond donors (Lipinski definition) is 2. The first-order chi connectivity index (χ1) is 9.00. The number of nitrogens with one attached hydrogen (secondary N) is 1. The number of thioether (sulfide) groups is 1. The van der Waals surface area contributed by atoms with Gasteiger partial charge in [-0.25, -0.2) is 0 Å². The lowest BCUT2D eigenvalue weighted by molar-refractivity contribution is -0.385. The number of carbonyl (C=O) groups is 2. The molecule has 1 aromatic carbocycles. The van der Waals surface area contributed by atoms with Gasteiger partial charge in [-0.15, -0.1) is 11.8 Å². The summed E-state index contributed by atoms with van der Waals surface area (Å²) in [5.41, 5.74) is 0.352. The summed E-state index contributed by atoms with van der Waals surface area (Å²) in [5.74, 6) is -1.49. The number of aliphatic carboxylic acids is 1. The molecule has 0 aliphatic rings. The molecule has 7 nitrogen and oxygen atoms in total. The molecule has 0 spiro atoms. The molecule has 102 valence electrons. The molecule has 1 rings (SSSR count). The molecular weight excluding hydrogens is 272 g/mol. The Morgan fingerprint density at radius 3 is 2.63 bits per heavy atom. The third-order valence-electron chi connectivity index (χ3n) is 2.12. The highest BCUT2D eigenvalue weighted by Gasteiger charge is 2.13. The Balaban J connectivity index is 2.46. The van der Waals surface area contributed by atoms with Gasteiger partial charge in [-0.1, -0.05) is 18.2 Å². The number of hydrogen-bond acceptors (Lipinski definition) is 5. The second kappa shape index (κ2) is 7.37. The van der Waals surface area contributed by atoms with E-state index in [9.17, 15) is 19.7 Å². The normalized spacial score (nSPS) is 9.89. The summed E-state index contributed by atoms with van der Waals surface area (Å²) in [7, 11) is 0. The lowest BCUT2D eigenvalue weighted by atomic mass is 10.2. The summed E-state index contributed by atoms with van der Waals surface area (Å²) in [6.07, 6.45) is 0. The highest BCUT2D eigenvalue weighted by atomic mass is 32.2. The van der Waals surface area contributed by atoms with Gasteiger partial charge < -0.3 is 10.4 Å². The number of nitro groups is 1. The van der Waals surface area contributed by atoms with Crippen LogP contribution in [0, 0.1) is 10.1 Å². The molecule has 0 radical (unpaired) electrons. The van der Waals surface area contributed by atoms with E-state index in [1.54, 1.807) is 18.2 Å². The summed E-state index contributed by atoms with van der Waals surface area (Å²) in [4.78, 5) is 31.9. The van der Waals surface area contributed by atoms with Gasteiger partial charge in [0, 0.05) is 18.2 Å². The average molecular weight is 284 g/mol. The van der Waals surface area contributed by atoms with Crippen LogP contribution < -0.4 is 5.32 Å². The van der Waals surface area contributed by atoms with Gasteiger partial charge in [-0.05, 0) is 0 Å². The van der Waals surface area contributed by atoms with Crippen molar-refractivity contribution in [1.29, 1.82) is 0 Å². The van der Waals surface area contributed by atoms with Gasteiger partial charge in [0.2, 0.25) is 5.91 Å². The van der Waals surface area contributed by atoms with E-state index >= 15 is 0 Å². The van der Waals surface area contributed by atoms with Gasteiger partial charge in [-0.2, -0.15) is 0 Å². The number of benzene rings is 1. The molecule has 8 heteroatoms. The van der Waals surface area contributed by atoms with Crippen LogP contribution in [0.2, 0.25) is 0 Å². The molecule has 2 N–H and O–H groups in total. The first-order valence-corrected chi connectivity index (χ1v) is 6.44. The zero-order valence-corrected chi connectivity index (χ0v) is 10.7. The molecule has 0 bridgehead atoms. The maximum absolute atomic E-state index is 11.4. The first-order valence-electron chi connectivity index (χ1n) is 5.29. The molecule has 0 aliphatic heterocycles. The van der Waals surface area contributed by atoms with Crippen molar-refractivity contribution >= 4 is 29.3 Å². The molecule has 1 aromatic rings. The first kappa shape index (κ1) is 15.0. The fourth-order valence-corrected chi connectivity index (χ4v) is 1.88. The lowest BCUT2D eigenvalue weighted by Crippen LogP contribution is -2.25. The third-order valence-corrected chi connectivity index (χ3v) is 3.04. The number of nitro benzene ring substituents is 1. The highest BCUT2D eigenvalue weighted by molar-refractivity contribution is 8.00. The smallest absolute Gasteiger partial charge is 0.313 e. The largest absolute Gasteiger partial charge is 0.481 e. The molecule has 1 amide bonds. The number of carboxylic acid groups (broad SMARTS) is 1. The molecule has 0 aromatic heterocycles. The Kier molecular flexibility index (Phi) is 5.80. The van der Waals surface area contributed by atoms with Crippen LogP contribution in [0.25, 0.3) is 0 Å². The van der Waals surface area contributed by atoms with E-state index in [2.05, 4.69) is 5.32 Å². The van der Waals surface area contributed by atoms with Crippen LogP contribution >= 0.6 is 11.8 Å². The van der Waals surface area contributed by atoms with Gasteiger partial charge in [0.1, 0.15) is 0 Å². The monoisotopic (exact) mass is 284 g/mol. The Morgan fingerprint density at radius 1 is 1.32 bits per heavy atom. The fraction of sp³-hybridized carbons (Fsp3) is 0.273. The molecule has 0 fully saturated rings. The average Bonchev–Trinajstić information content (AvgIpc) is 2.36. The standard InChI is InChI=1S/C11H12N2O5S/c14-10(6-19-7-11(15)16)12-5-8-3-1-2-4-9(8)13(17)18/h1-4H,5-7H2,(H,12,14)(H,15,16). The Bertz CT molecular complexity index is 492. The second-order valence-corrected chi connectivity index (χ2v) is 4.53. The van der Waals surface area contributed by atoms with Gasteiger partial charge in [0.25, 0.3) is 5.69 Å². The predicted molar refractivity (Wildman–Crippen MR) is 69.9 cm³/mol. The van der Waals surface area contributed by atoms with Crippen molar-refractivity contribution in [3.8, 4) is 0 Å². The second-order valence-electron chi connectivity index (χ2n) is 3.55. The van der Waals surface area contributed by atoms with Gasteiger partial charge in [0.15, 0.2) is 0 Å². The maximum atomic E-state index is 11.4. The van der Waals surface area contributed by atoms with Crippen LogP contribution in [0.1, 0.15) is 5.56 Å². The highest BCUT2D eigenvalue weighted by Crippen LogP contribution is 2.17. The SMILES string of the molecule is O=C(O)CSCC(=O)NCc1ccccc1[N+](=O)[O-]. The van der Waals surface area contributed by atoms with Crippen LogP contribution in [0.5, 0.6) is 0 Å². The number of para-hydroxylation sites is 1. The van der Waals surface area contributed by atoms with Crippen LogP contribution in [-0.4, -0.2) is 33.4 Å². The van der Waals surface area contributed by atoms with Crippen molar-refractivity contribution in [3.05, 3.63) is 39.9 Å². The summed E-state index contributed by atoms with van der Waals surface area (Å²) >= 11 is 0.970. The Morgan fingerprint density at radius 2 is 2.00 bits per heavy atom. The summed E-state index contributed by atoms with van der Waals surface area (Å²) in [5, 5.41) is 21.7. The molecular formula is C11H12N2O5S. The van der Waals surface area contributed by atoms with Crippen molar-refractivity contribution in [2.45, 2.75) is 6.54 Å². The molecule has 19 heavy (non-hydrogen) atoms. The van der Waals surface area contributed by atoms with Crippen molar-refractivity contribution in [1.82, 2.24) is 5.32 Å². The molecule has 0 unspecified atom stereocenters. The topological polar surface area (TPSA) is 110 Å². The Labute approximate surface area is 113 Å². The van der Waals surface area contributed by atoms with Crippen LogP contribution in [0.3, 0.4) is 0 Å². The van der Waals surface area contributed by atoms with Crippen molar-refractivity contribution in [3.63, 3.8) is 0 Å². The van der Waals surface area contributed by atoms with E-state index in [-0.39, 0.29) is 29.6 Å². The quantitative estimate of drug-likeness (QED) is 0.571. The minimum Gasteiger partial charge on any atom is -0.481 e. The van der Waals surface area contributed by atoms with Crippen LogP contribution in [-0.2, 0) is 16.1 Å². The van der Waals surface area contributed by atoms with E-state index in [0.29, 0.717) is 5.56 Å². The van der Waals surface area contributed by atoms with Crippen molar-refractivity contribution in [2.75, 3.05) is 11.5 Å². The maximum Gasteiger partial charge on any atom is 0.313 e. The number of rotatable bonds is 7. The molecule has 0 aliphatic carbocycles. The van der Waals surface area contributed by atoms with E-state index in [1.807, 2.05) is 0 Å². The lowest BCUT2D eigenvalue weighted by Gasteiger charge is -2.05. The van der Waals surface area contributed by atoms with E-state index in [0.717, 1.165) is 11.8 Å². The molecule has 0 saturated carbocycles. The van der Waals surface area contributed by atoms with E-state index in [1.165, 1.54) is 6.07 Å². The fourth-order valence-electron chi connectivity index (χ4n) is 1.31. The molecule has 0 saturated heterocycles. The Hall–Kier alpha value is -2.09. The van der Waals surface area contributed by atoms with Gasteiger partial charge in [-0.3, -0.25) is 19.7 Å². The number of carboxylic acids is 1. The number of amides is 1. The van der Waals surface area contributed by atoms with Crippen LogP contribution in [0.15, 0.2) is 24.3 Å². The van der Waals surface area contributed by atoms with Crippen LogP contribution in [0.4, 0.5) is 5.69 Å². The van der Waals surface area contributed by atoms with Crippen molar-refractivity contribution < 1.29 is 19.6 Å². The number of nitrogens with zero attached hydrogens (tertiary/aromatic N) is 1. The van der Waals surface area contributed by atoms with Gasteiger partial charge in [0.05, 0.1) is 16.4 Å². The molecule has 0 atom stereocenters. The van der Waals surface area contributed by atoms with E-state index < -0.39 is 10.9 Å². The zero-order chi connectivity index (χ0) is 14.3. The minimum atomic E-state index is -0.989. The minimum absolute atomic E-state index is 0.00688.